The average molecular weight is 357 g/mol. The Morgan fingerprint density at radius 1 is 1.12 bits per heavy atom. The van der Waals surface area contributed by atoms with Gasteiger partial charge in [-0.15, -0.1) is 0 Å². The predicted molar refractivity (Wildman–Crippen MR) is 93.5 cm³/mol. The topological polar surface area (TPSA) is 66.8 Å². The van der Waals surface area contributed by atoms with E-state index in [1.54, 1.807) is 4.90 Å². The Balaban J connectivity index is 1.54. The number of carbonyl (C=O) groups excluding carboxylic acids is 1. The molecule has 3 rings (SSSR count). The maximum absolute atomic E-state index is 14.1. The summed E-state index contributed by atoms with van der Waals surface area (Å²) in [7, 11) is 0. The number of carbonyl (C=O) groups is 2. The Bertz CT molecular complexity index is 786. The molecule has 0 aromatic heterocycles. The van der Waals surface area contributed by atoms with Crippen LogP contribution in [-0.4, -0.2) is 41.1 Å². The highest BCUT2D eigenvalue weighted by atomic mass is 19.1. The zero-order valence-corrected chi connectivity index (χ0v) is 14.2. The van der Waals surface area contributed by atoms with Crippen molar-refractivity contribution in [2.45, 2.75) is 25.6 Å². The smallest absolute Gasteiger partial charge is 0.335 e. The minimum Gasteiger partial charge on any atom is -0.478 e. The number of hydrogen-bond acceptors (Lipinski definition) is 3. The molecule has 0 radical (unpaired) electrons. The van der Waals surface area contributed by atoms with Gasteiger partial charge >= 0.3 is 5.97 Å². The number of hydrogen-bond donors (Lipinski definition) is 1. The molecule has 136 valence electrons. The van der Waals surface area contributed by atoms with Gasteiger partial charge in [-0.05, 0) is 36.6 Å². The lowest BCUT2D eigenvalue weighted by molar-refractivity contribution is -0.000480. The number of halogens is 1. The number of carboxylic acids is 1. The van der Waals surface area contributed by atoms with Crippen LogP contribution in [0.15, 0.2) is 48.5 Å². The highest BCUT2D eigenvalue weighted by molar-refractivity contribution is 5.96. The second-order valence-corrected chi connectivity index (χ2v) is 6.29. The number of piperidine rings is 1. The lowest BCUT2D eigenvalue weighted by atomic mass is 10.0. The molecule has 1 amide bonds. The quantitative estimate of drug-likeness (QED) is 0.891. The third-order valence-corrected chi connectivity index (χ3v) is 4.50. The zero-order valence-electron chi connectivity index (χ0n) is 14.2. The molecule has 1 saturated heterocycles. The summed E-state index contributed by atoms with van der Waals surface area (Å²) in [5, 5.41) is 8.87. The van der Waals surface area contributed by atoms with E-state index in [1.165, 1.54) is 12.1 Å². The first-order chi connectivity index (χ1) is 12.5. The van der Waals surface area contributed by atoms with Gasteiger partial charge in [0.1, 0.15) is 5.82 Å². The number of ether oxygens (including phenoxy) is 1. The van der Waals surface area contributed by atoms with Gasteiger partial charge in [0.25, 0.3) is 5.91 Å². The molecule has 0 spiro atoms. The molecular weight excluding hydrogens is 337 g/mol. The fraction of sp³-hybridized carbons (Fsp3) is 0.300. The van der Waals surface area contributed by atoms with Crippen molar-refractivity contribution in [3.63, 3.8) is 0 Å². The second kappa shape index (κ2) is 8.10. The number of nitrogens with zero attached hydrogens (tertiary/aromatic N) is 1. The van der Waals surface area contributed by atoms with Gasteiger partial charge in [-0.1, -0.05) is 30.3 Å². The lowest BCUT2D eigenvalue weighted by Gasteiger charge is -2.32. The number of likely N-dealkylation sites (tertiary alicyclic amines) is 1. The lowest BCUT2D eigenvalue weighted by Crippen LogP contribution is -2.41. The van der Waals surface area contributed by atoms with Gasteiger partial charge in [0.15, 0.2) is 0 Å². The van der Waals surface area contributed by atoms with Crippen molar-refractivity contribution in [2.75, 3.05) is 13.1 Å². The number of rotatable bonds is 5. The summed E-state index contributed by atoms with van der Waals surface area (Å²) >= 11 is 0. The summed E-state index contributed by atoms with van der Waals surface area (Å²) in [6.45, 7) is 1.50. The molecule has 0 atom stereocenters. The largest absolute Gasteiger partial charge is 0.478 e. The second-order valence-electron chi connectivity index (χ2n) is 6.29. The molecule has 2 aromatic rings. The van der Waals surface area contributed by atoms with Gasteiger partial charge in [-0.25, -0.2) is 9.18 Å². The minimum atomic E-state index is -1.22. The van der Waals surface area contributed by atoms with Crippen LogP contribution in [0.3, 0.4) is 0 Å². The Morgan fingerprint density at radius 2 is 1.81 bits per heavy atom. The SMILES string of the molecule is O=C(O)c1ccc(C(=O)N2CCC(OCc3ccccc3)CC2)c(F)c1. The van der Waals surface area contributed by atoms with Crippen LogP contribution in [0.2, 0.25) is 0 Å². The van der Waals surface area contributed by atoms with Crippen LogP contribution in [0.4, 0.5) is 4.39 Å². The van der Waals surface area contributed by atoms with Crippen molar-refractivity contribution in [1.82, 2.24) is 4.90 Å². The Labute approximate surface area is 151 Å². The van der Waals surface area contributed by atoms with E-state index in [0.29, 0.717) is 32.5 Å². The number of aromatic carboxylic acids is 1. The fourth-order valence-electron chi connectivity index (χ4n) is 3.01. The van der Waals surface area contributed by atoms with Crippen LogP contribution >= 0.6 is 0 Å². The molecule has 26 heavy (non-hydrogen) atoms. The number of amides is 1. The van der Waals surface area contributed by atoms with E-state index in [9.17, 15) is 14.0 Å². The molecule has 0 bridgehead atoms. The third kappa shape index (κ3) is 4.26. The first kappa shape index (κ1) is 18.1. The summed E-state index contributed by atoms with van der Waals surface area (Å²) in [4.78, 5) is 24.9. The molecule has 6 heteroatoms. The molecule has 0 unspecified atom stereocenters. The van der Waals surface area contributed by atoms with Crippen LogP contribution in [0.25, 0.3) is 0 Å². The van der Waals surface area contributed by atoms with Crippen molar-refractivity contribution in [3.05, 3.63) is 71.0 Å². The molecule has 1 fully saturated rings. The standard InChI is InChI=1S/C20H20FNO4/c21-18-12-15(20(24)25)6-7-17(18)19(23)22-10-8-16(9-11-22)26-13-14-4-2-1-3-5-14/h1-7,12,16H,8-11,13H2,(H,24,25). The van der Waals surface area contributed by atoms with Crippen LogP contribution < -0.4 is 0 Å². The van der Waals surface area contributed by atoms with Gasteiger partial charge in [0, 0.05) is 13.1 Å². The molecule has 5 nitrogen and oxygen atoms in total. The van der Waals surface area contributed by atoms with Crippen molar-refractivity contribution in [3.8, 4) is 0 Å². The molecule has 1 heterocycles. The summed E-state index contributed by atoms with van der Waals surface area (Å²) in [5.74, 6) is -2.45. The summed E-state index contributed by atoms with van der Waals surface area (Å²) < 4.78 is 20.0. The summed E-state index contributed by atoms with van der Waals surface area (Å²) in [6.07, 6.45) is 1.44. The van der Waals surface area contributed by atoms with Crippen molar-refractivity contribution in [1.29, 1.82) is 0 Å². The van der Waals surface area contributed by atoms with Gasteiger partial charge in [-0.3, -0.25) is 4.79 Å². The highest BCUT2D eigenvalue weighted by Crippen LogP contribution is 2.19. The normalized spacial score (nSPS) is 15.0. The van der Waals surface area contributed by atoms with Crippen molar-refractivity contribution < 1.29 is 23.8 Å². The van der Waals surface area contributed by atoms with Gasteiger partial charge < -0.3 is 14.7 Å². The molecule has 1 N–H and O–H groups in total. The predicted octanol–water partition coefficient (Wildman–Crippen LogP) is 3.35. The van der Waals surface area contributed by atoms with Crippen LogP contribution in [0, 0.1) is 5.82 Å². The number of carboxylic acid groups (broad SMARTS) is 1. The summed E-state index contributed by atoms with van der Waals surface area (Å²) in [6, 6.07) is 13.2. The molecular formula is C20H20FNO4. The molecule has 0 saturated carbocycles. The van der Waals surface area contributed by atoms with E-state index in [-0.39, 0.29) is 17.2 Å². The monoisotopic (exact) mass is 357 g/mol. The molecule has 2 aromatic carbocycles. The van der Waals surface area contributed by atoms with Gasteiger partial charge in [-0.2, -0.15) is 0 Å². The average Bonchev–Trinajstić information content (AvgIpc) is 2.67. The van der Waals surface area contributed by atoms with E-state index in [4.69, 9.17) is 9.84 Å². The molecule has 1 aliphatic heterocycles. The van der Waals surface area contributed by atoms with E-state index in [1.807, 2.05) is 30.3 Å². The van der Waals surface area contributed by atoms with E-state index in [2.05, 4.69) is 0 Å². The van der Waals surface area contributed by atoms with Crippen LogP contribution in [0.5, 0.6) is 0 Å². The van der Waals surface area contributed by atoms with Crippen molar-refractivity contribution >= 4 is 11.9 Å². The Kier molecular flexibility index (Phi) is 5.63. The van der Waals surface area contributed by atoms with Crippen LogP contribution in [-0.2, 0) is 11.3 Å². The zero-order chi connectivity index (χ0) is 18.5. The first-order valence-electron chi connectivity index (χ1n) is 8.52. The molecule has 0 aliphatic carbocycles. The Hall–Kier alpha value is -2.73. The fourth-order valence-corrected chi connectivity index (χ4v) is 3.01. The number of benzene rings is 2. The molecule has 1 aliphatic rings. The maximum Gasteiger partial charge on any atom is 0.335 e. The van der Waals surface area contributed by atoms with Gasteiger partial charge in [0.2, 0.25) is 0 Å². The van der Waals surface area contributed by atoms with E-state index < -0.39 is 17.7 Å². The first-order valence-corrected chi connectivity index (χ1v) is 8.52. The van der Waals surface area contributed by atoms with E-state index >= 15 is 0 Å². The minimum absolute atomic E-state index is 0.0680. The highest BCUT2D eigenvalue weighted by Gasteiger charge is 2.26. The maximum atomic E-state index is 14.1. The van der Waals surface area contributed by atoms with Crippen molar-refractivity contribution in [2.24, 2.45) is 0 Å². The third-order valence-electron chi connectivity index (χ3n) is 4.50. The Morgan fingerprint density at radius 3 is 2.42 bits per heavy atom. The summed E-state index contributed by atoms with van der Waals surface area (Å²) in [5.41, 5.74) is 0.831. The van der Waals surface area contributed by atoms with Crippen LogP contribution in [0.1, 0.15) is 39.1 Å². The van der Waals surface area contributed by atoms with Gasteiger partial charge in [0.05, 0.1) is 23.8 Å². The van der Waals surface area contributed by atoms with E-state index in [0.717, 1.165) is 11.6 Å².